The minimum Gasteiger partial charge on any atom is -0.381 e. The number of carbonyl (C=O) groups is 2. The van der Waals surface area contributed by atoms with Crippen molar-refractivity contribution in [1.82, 2.24) is 20.1 Å². The van der Waals surface area contributed by atoms with E-state index in [1.807, 2.05) is 11.9 Å². The summed E-state index contributed by atoms with van der Waals surface area (Å²) >= 11 is 0. The maximum atomic E-state index is 13.5. The average molecular weight is 399 g/mol. The molecule has 2 amide bonds. The minimum absolute atomic E-state index is 0.0872. The summed E-state index contributed by atoms with van der Waals surface area (Å²) in [7, 11) is 2.04. The van der Waals surface area contributed by atoms with Crippen LogP contribution in [0.25, 0.3) is 0 Å². The second-order valence-electron chi connectivity index (χ2n) is 8.56. The summed E-state index contributed by atoms with van der Waals surface area (Å²) < 4.78 is 5.42. The molecule has 0 aromatic carbocycles. The number of likely N-dealkylation sites (N-methyl/N-ethyl adjacent to an activating group) is 1. The number of nitrogens with zero attached hydrogens (tertiary/aromatic N) is 3. The highest BCUT2D eigenvalue weighted by Crippen LogP contribution is 2.43. The van der Waals surface area contributed by atoms with E-state index >= 15 is 0 Å². The Hall–Kier alpha value is -2.37. The molecule has 0 radical (unpaired) electrons. The summed E-state index contributed by atoms with van der Waals surface area (Å²) in [6.45, 7) is 3.52. The van der Waals surface area contributed by atoms with E-state index < -0.39 is 5.41 Å². The van der Waals surface area contributed by atoms with E-state index in [2.05, 4.69) is 21.3 Å². The number of ether oxygens (including phenoxy) is 1. The number of piperidine rings is 2. The summed E-state index contributed by atoms with van der Waals surface area (Å²) in [6.07, 6.45) is 5.59. The molecule has 0 saturated carbocycles. The van der Waals surface area contributed by atoms with Gasteiger partial charge in [0.2, 0.25) is 5.91 Å². The van der Waals surface area contributed by atoms with Gasteiger partial charge < -0.3 is 24.8 Å². The predicted molar refractivity (Wildman–Crippen MR) is 106 cm³/mol. The van der Waals surface area contributed by atoms with Crippen LogP contribution in [-0.4, -0.2) is 78.6 Å². The van der Waals surface area contributed by atoms with Gasteiger partial charge >= 0.3 is 0 Å². The van der Waals surface area contributed by atoms with Crippen molar-refractivity contribution in [1.29, 1.82) is 5.26 Å². The van der Waals surface area contributed by atoms with Crippen LogP contribution in [0.3, 0.4) is 0 Å². The molecule has 1 aromatic heterocycles. The molecular formula is C21H29N5O3. The van der Waals surface area contributed by atoms with Crippen molar-refractivity contribution in [2.24, 2.45) is 5.41 Å². The van der Waals surface area contributed by atoms with Gasteiger partial charge in [0.25, 0.3) is 5.91 Å². The number of hydrogen-bond acceptors (Lipinski definition) is 5. The number of aromatic nitrogens is 1. The van der Waals surface area contributed by atoms with Crippen molar-refractivity contribution < 1.29 is 14.3 Å². The fourth-order valence-electron chi connectivity index (χ4n) is 5.06. The first-order valence-corrected chi connectivity index (χ1v) is 10.5. The third kappa shape index (κ3) is 3.77. The van der Waals surface area contributed by atoms with E-state index in [1.54, 1.807) is 12.3 Å². The Morgan fingerprint density at radius 2 is 2.10 bits per heavy atom. The number of carbonyl (C=O) groups excluding carboxylic acids is 2. The number of likely N-dealkylation sites (tertiary alicyclic amines) is 2. The quantitative estimate of drug-likeness (QED) is 0.793. The zero-order chi connectivity index (χ0) is 20.4. The number of hydrogen-bond donors (Lipinski definition) is 2. The van der Waals surface area contributed by atoms with Crippen molar-refractivity contribution in [2.45, 2.75) is 44.2 Å². The molecule has 29 heavy (non-hydrogen) atoms. The molecule has 0 unspecified atom stereocenters. The van der Waals surface area contributed by atoms with Gasteiger partial charge in [0.15, 0.2) is 0 Å². The van der Waals surface area contributed by atoms with Crippen LogP contribution < -0.4 is 5.32 Å². The van der Waals surface area contributed by atoms with Crippen LogP contribution in [-0.2, 0) is 9.53 Å². The molecule has 3 aliphatic heterocycles. The van der Waals surface area contributed by atoms with Crippen molar-refractivity contribution in [3.8, 4) is 6.07 Å². The van der Waals surface area contributed by atoms with Crippen LogP contribution >= 0.6 is 0 Å². The van der Waals surface area contributed by atoms with E-state index in [9.17, 15) is 9.59 Å². The smallest absolute Gasteiger partial charge is 0.270 e. The first-order chi connectivity index (χ1) is 14.0. The third-order valence-electron chi connectivity index (χ3n) is 6.77. The molecular weight excluding hydrogens is 370 g/mol. The zero-order valence-electron chi connectivity index (χ0n) is 16.9. The summed E-state index contributed by atoms with van der Waals surface area (Å²) in [5, 5.41) is 12.4. The summed E-state index contributed by atoms with van der Waals surface area (Å²) in [4.78, 5) is 33.8. The number of H-pyrrole nitrogens is 1. The van der Waals surface area contributed by atoms with E-state index in [1.165, 1.54) is 0 Å². The zero-order valence-corrected chi connectivity index (χ0v) is 16.9. The highest BCUT2D eigenvalue weighted by atomic mass is 16.5. The molecule has 3 saturated heterocycles. The van der Waals surface area contributed by atoms with Crippen molar-refractivity contribution in [3.63, 3.8) is 0 Å². The first-order valence-electron chi connectivity index (χ1n) is 10.5. The molecule has 3 aliphatic rings. The lowest BCUT2D eigenvalue weighted by atomic mass is 9.67. The molecule has 8 heteroatoms. The number of amides is 2. The van der Waals surface area contributed by atoms with Crippen LogP contribution in [0.2, 0.25) is 0 Å². The number of nitrogens with one attached hydrogen (secondary N) is 2. The fourth-order valence-corrected chi connectivity index (χ4v) is 5.06. The summed E-state index contributed by atoms with van der Waals surface area (Å²) in [5.74, 6) is -0.0426. The Bertz CT molecular complexity index is 809. The Kier molecular flexibility index (Phi) is 5.61. The van der Waals surface area contributed by atoms with Crippen LogP contribution in [0, 0.1) is 16.7 Å². The number of fused-ring (bicyclic) bond motifs is 1. The molecule has 0 bridgehead atoms. The van der Waals surface area contributed by atoms with Crippen LogP contribution in [0.15, 0.2) is 12.3 Å². The number of rotatable bonds is 3. The average Bonchev–Trinajstić information content (AvgIpc) is 3.23. The normalized spacial score (nSPS) is 28.4. The van der Waals surface area contributed by atoms with Crippen LogP contribution in [0.1, 0.15) is 48.2 Å². The Morgan fingerprint density at radius 3 is 2.83 bits per heavy atom. The van der Waals surface area contributed by atoms with E-state index in [0.717, 1.165) is 38.6 Å². The van der Waals surface area contributed by atoms with E-state index in [0.29, 0.717) is 37.6 Å². The van der Waals surface area contributed by atoms with Gasteiger partial charge in [-0.05, 0) is 51.8 Å². The number of nitriles is 1. The van der Waals surface area contributed by atoms with Crippen molar-refractivity contribution >= 4 is 11.8 Å². The van der Waals surface area contributed by atoms with Gasteiger partial charge in [-0.15, -0.1) is 0 Å². The van der Waals surface area contributed by atoms with Crippen LogP contribution in [0.5, 0.6) is 0 Å². The molecule has 4 heterocycles. The standard InChI is InChI=1S/C21H29N5O3/c1-25-8-6-21(20(28)24-16-3-9-29-10-4-16)5-2-7-26(18(21)14-25)19(27)17-11-15(12-22)13-23-17/h11,13,16,18,23H,2-10,14H2,1H3,(H,24,28)/t18-,21+/m0/s1. The molecule has 2 atom stereocenters. The van der Waals surface area contributed by atoms with Crippen molar-refractivity contribution in [3.05, 3.63) is 23.5 Å². The summed E-state index contributed by atoms with van der Waals surface area (Å²) in [6, 6.07) is 3.63. The van der Waals surface area contributed by atoms with E-state index in [-0.39, 0.29) is 23.9 Å². The predicted octanol–water partition coefficient (Wildman–Crippen LogP) is 1.11. The highest BCUT2D eigenvalue weighted by molar-refractivity contribution is 5.94. The van der Waals surface area contributed by atoms with Crippen LogP contribution in [0.4, 0.5) is 0 Å². The lowest BCUT2D eigenvalue weighted by Gasteiger charge is -2.53. The molecule has 3 fully saturated rings. The van der Waals surface area contributed by atoms with Gasteiger partial charge in [0.05, 0.1) is 17.0 Å². The summed E-state index contributed by atoms with van der Waals surface area (Å²) in [5.41, 5.74) is 0.300. The Balaban J connectivity index is 1.58. The molecule has 8 nitrogen and oxygen atoms in total. The lowest BCUT2D eigenvalue weighted by Crippen LogP contribution is -2.67. The number of aromatic amines is 1. The molecule has 156 valence electrons. The second-order valence-corrected chi connectivity index (χ2v) is 8.56. The Labute approximate surface area is 171 Å². The van der Waals surface area contributed by atoms with Gasteiger partial charge in [0, 0.05) is 38.5 Å². The van der Waals surface area contributed by atoms with Gasteiger partial charge in [-0.2, -0.15) is 5.26 Å². The topological polar surface area (TPSA) is 101 Å². The van der Waals surface area contributed by atoms with Gasteiger partial charge in [-0.1, -0.05) is 0 Å². The maximum absolute atomic E-state index is 13.5. The Morgan fingerprint density at radius 1 is 1.31 bits per heavy atom. The molecule has 0 spiro atoms. The maximum Gasteiger partial charge on any atom is 0.270 e. The molecule has 1 aromatic rings. The molecule has 4 rings (SSSR count). The monoisotopic (exact) mass is 399 g/mol. The van der Waals surface area contributed by atoms with Gasteiger partial charge in [0.1, 0.15) is 11.8 Å². The first kappa shape index (κ1) is 19.9. The fraction of sp³-hybridized carbons (Fsp3) is 0.667. The highest BCUT2D eigenvalue weighted by Gasteiger charge is 2.53. The minimum atomic E-state index is -0.552. The third-order valence-corrected chi connectivity index (χ3v) is 6.77. The lowest BCUT2D eigenvalue weighted by molar-refractivity contribution is -0.143. The van der Waals surface area contributed by atoms with Crippen molar-refractivity contribution in [2.75, 3.05) is 39.9 Å². The molecule has 2 N–H and O–H groups in total. The molecule has 0 aliphatic carbocycles. The van der Waals surface area contributed by atoms with E-state index in [4.69, 9.17) is 10.00 Å². The second kappa shape index (κ2) is 8.17. The van der Waals surface area contributed by atoms with Gasteiger partial charge in [-0.3, -0.25) is 9.59 Å². The largest absolute Gasteiger partial charge is 0.381 e. The SMILES string of the molecule is CN1CC[C@]2(C(=O)NC3CCOCC3)CCCN(C(=O)c3cc(C#N)c[nH]3)[C@H]2C1. The van der Waals surface area contributed by atoms with Gasteiger partial charge in [-0.25, -0.2) is 0 Å².